The zero-order chi connectivity index (χ0) is 25.9. The normalized spacial score (nSPS) is 12.1. The Morgan fingerprint density at radius 2 is 1.73 bits per heavy atom. The molecule has 10 heteroatoms. The van der Waals surface area contributed by atoms with Crippen LogP contribution in [0, 0.1) is 6.92 Å². The van der Waals surface area contributed by atoms with E-state index in [2.05, 4.69) is 32.1 Å². The molecule has 0 aliphatic heterocycles. The molecule has 0 atom stereocenters. The van der Waals surface area contributed by atoms with Crippen molar-refractivity contribution in [2.45, 2.75) is 11.8 Å². The van der Waals surface area contributed by atoms with Gasteiger partial charge in [-0.15, -0.1) is 0 Å². The number of benzene rings is 3. The lowest BCUT2D eigenvalue weighted by Crippen LogP contribution is -2.18. The summed E-state index contributed by atoms with van der Waals surface area (Å²) in [5.74, 6) is 0.453. The monoisotopic (exact) mass is 512 g/mol. The van der Waals surface area contributed by atoms with E-state index in [1.807, 2.05) is 42.0 Å². The fourth-order valence-electron chi connectivity index (χ4n) is 4.78. The van der Waals surface area contributed by atoms with Crippen molar-refractivity contribution in [2.24, 2.45) is 0 Å². The van der Waals surface area contributed by atoms with Gasteiger partial charge in [-0.25, -0.2) is 18.1 Å². The lowest BCUT2D eigenvalue weighted by molar-refractivity contribution is 0.0964. The first-order chi connectivity index (χ1) is 17.8. The van der Waals surface area contributed by atoms with E-state index in [1.165, 1.54) is 7.05 Å². The van der Waals surface area contributed by atoms with Gasteiger partial charge in [-0.2, -0.15) is 0 Å². The molecule has 0 aliphatic rings. The van der Waals surface area contributed by atoms with Crippen LogP contribution in [-0.2, 0) is 10.0 Å². The van der Waals surface area contributed by atoms with Crippen LogP contribution in [0.15, 0.2) is 71.9 Å². The van der Waals surface area contributed by atoms with Gasteiger partial charge in [0.1, 0.15) is 5.82 Å². The molecular weight excluding hydrogens is 488 g/mol. The highest BCUT2D eigenvalue weighted by Gasteiger charge is 2.21. The number of nitrogens with one attached hydrogen (secondary N) is 4. The Balaban J connectivity index is 1.69. The van der Waals surface area contributed by atoms with Crippen molar-refractivity contribution in [3.8, 4) is 17.1 Å². The number of fused-ring (bicyclic) bond motifs is 3. The maximum atomic E-state index is 12.6. The lowest BCUT2D eigenvalue weighted by Gasteiger charge is -2.11. The van der Waals surface area contributed by atoms with Gasteiger partial charge >= 0.3 is 0 Å². The number of carbonyl (C=O) groups is 1. The molecular formula is C27H24N6O3S. The molecule has 37 heavy (non-hydrogen) atoms. The molecule has 0 radical (unpaired) electrons. The highest BCUT2D eigenvalue weighted by atomic mass is 32.2. The van der Waals surface area contributed by atoms with Crippen LogP contribution >= 0.6 is 0 Å². The van der Waals surface area contributed by atoms with Gasteiger partial charge in [-0.3, -0.25) is 9.36 Å². The van der Waals surface area contributed by atoms with Crippen molar-refractivity contribution in [3.63, 3.8) is 0 Å². The number of hydrogen-bond acceptors (Lipinski definition) is 4. The van der Waals surface area contributed by atoms with Crippen LogP contribution in [0.4, 0.5) is 0 Å². The minimum atomic E-state index is -3.67. The fraction of sp³-hybridized carbons (Fsp3) is 0.111. The van der Waals surface area contributed by atoms with Crippen LogP contribution in [0.25, 0.3) is 49.9 Å². The van der Waals surface area contributed by atoms with E-state index in [0.717, 1.165) is 38.6 Å². The molecule has 3 aromatic carbocycles. The molecule has 186 valence electrons. The summed E-state index contributed by atoms with van der Waals surface area (Å²) >= 11 is 0. The summed E-state index contributed by atoms with van der Waals surface area (Å²) in [6.45, 7) is 2.04. The molecule has 6 rings (SSSR count). The van der Waals surface area contributed by atoms with E-state index in [0.29, 0.717) is 22.4 Å². The van der Waals surface area contributed by atoms with Crippen molar-refractivity contribution in [1.82, 2.24) is 29.6 Å². The summed E-state index contributed by atoms with van der Waals surface area (Å²) in [6.07, 6.45) is 3.59. The number of aryl methyl sites for hydroxylation is 1. The van der Waals surface area contributed by atoms with Crippen molar-refractivity contribution >= 4 is 48.8 Å². The van der Waals surface area contributed by atoms with E-state index in [1.54, 1.807) is 31.4 Å². The number of sulfonamides is 1. The Morgan fingerprint density at radius 3 is 2.51 bits per heavy atom. The average Bonchev–Trinajstić information content (AvgIpc) is 3.61. The molecule has 9 nitrogen and oxygen atoms in total. The third-order valence-electron chi connectivity index (χ3n) is 6.68. The Kier molecular flexibility index (Phi) is 5.18. The lowest BCUT2D eigenvalue weighted by atomic mass is 10.1. The summed E-state index contributed by atoms with van der Waals surface area (Å²) in [4.78, 5) is 24.0. The zero-order valence-corrected chi connectivity index (χ0v) is 21.2. The molecule has 0 unspecified atom stereocenters. The number of H-pyrrole nitrogens is 2. The molecule has 1 amide bonds. The average molecular weight is 513 g/mol. The number of hydrogen-bond donors (Lipinski definition) is 4. The van der Waals surface area contributed by atoms with Gasteiger partial charge in [0.15, 0.2) is 0 Å². The molecule has 0 saturated carbocycles. The fourth-order valence-corrected chi connectivity index (χ4v) is 5.53. The second-order valence-corrected chi connectivity index (χ2v) is 10.8. The van der Waals surface area contributed by atoms with E-state index < -0.39 is 10.0 Å². The number of aromatic nitrogens is 4. The van der Waals surface area contributed by atoms with Gasteiger partial charge in [-0.1, -0.05) is 12.1 Å². The summed E-state index contributed by atoms with van der Waals surface area (Å²) in [5, 5.41) is 4.42. The summed E-state index contributed by atoms with van der Waals surface area (Å²) < 4.78 is 29.6. The van der Waals surface area contributed by atoms with Gasteiger partial charge in [0.05, 0.1) is 21.5 Å². The van der Waals surface area contributed by atoms with Gasteiger partial charge < -0.3 is 15.3 Å². The first-order valence-electron chi connectivity index (χ1n) is 11.7. The van der Waals surface area contributed by atoms with E-state index in [-0.39, 0.29) is 10.8 Å². The zero-order valence-electron chi connectivity index (χ0n) is 20.4. The van der Waals surface area contributed by atoms with Crippen LogP contribution in [0.3, 0.4) is 0 Å². The number of imidazole rings is 1. The molecule has 0 aliphatic carbocycles. The largest absolute Gasteiger partial charge is 0.360 e. The number of aromatic amines is 2. The molecule has 0 fully saturated rings. The maximum Gasteiger partial charge on any atom is 0.253 e. The number of nitrogens with zero attached hydrogens (tertiary/aromatic N) is 2. The van der Waals surface area contributed by atoms with Crippen LogP contribution in [0.2, 0.25) is 0 Å². The Bertz CT molecular complexity index is 1960. The molecule has 6 aromatic rings. The van der Waals surface area contributed by atoms with Crippen LogP contribution in [0.1, 0.15) is 15.9 Å². The van der Waals surface area contributed by atoms with Gasteiger partial charge in [0.2, 0.25) is 10.0 Å². The summed E-state index contributed by atoms with van der Waals surface area (Å²) in [5.41, 5.74) is 6.35. The topological polar surface area (TPSA) is 125 Å². The molecule has 0 saturated heterocycles. The Labute approximate surface area is 212 Å². The van der Waals surface area contributed by atoms with Crippen molar-refractivity contribution in [2.75, 3.05) is 14.1 Å². The van der Waals surface area contributed by atoms with Crippen LogP contribution < -0.4 is 10.0 Å². The highest BCUT2D eigenvalue weighted by molar-refractivity contribution is 7.89. The van der Waals surface area contributed by atoms with E-state index in [4.69, 9.17) is 4.98 Å². The molecule has 0 spiro atoms. The van der Waals surface area contributed by atoms with Crippen molar-refractivity contribution in [3.05, 3.63) is 78.1 Å². The van der Waals surface area contributed by atoms with Crippen molar-refractivity contribution < 1.29 is 13.2 Å². The van der Waals surface area contributed by atoms with Crippen LogP contribution in [0.5, 0.6) is 0 Å². The third-order valence-corrected chi connectivity index (χ3v) is 8.09. The van der Waals surface area contributed by atoms with Crippen LogP contribution in [-0.4, -0.2) is 47.9 Å². The second kappa shape index (κ2) is 8.32. The molecule has 3 aromatic heterocycles. The first-order valence-corrected chi connectivity index (χ1v) is 13.2. The predicted molar refractivity (Wildman–Crippen MR) is 145 cm³/mol. The number of rotatable bonds is 5. The number of carbonyl (C=O) groups excluding carboxylic acids is 1. The predicted octanol–water partition coefficient (Wildman–Crippen LogP) is 4.23. The van der Waals surface area contributed by atoms with Gasteiger partial charge in [0, 0.05) is 52.5 Å². The third kappa shape index (κ3) is 3.61. The smallest absolute Gasteiger partial charge is 0.253 e. The van der Waals surface area contributed by atoms with E-state index in [9.17, 15) is 13.2 Å². The first kappa shape index (κ1) is 23.0. The highest BCUT2D eigenvalue weighted by Crippen LogP contribution is 2.35. The minimum absolute atomic E-state index is 0.138. The van der Waals surface area contributed by atoms with Crippen molar-refractivity contribution in [1.29, 1.82) is 0 Å². The summed E-state index contributed by atoms with van der Waals surface area (Å²) in [7, 11) is -0.697. The SMILES string of the molecule is CNC(=O)c1c[nH]c2ccc(-n3c(-c4c[nH]c5cc(C)ccc45)nc4ccc(S(=O)(=O)NC)cc43)cc12. The second-order valence-electron chi connectivity index (χ2n) is 8.89. The van der Waals surface area contributed by atoms with Gasteiger partial charge in [-0.05, 0) is 62.0 Å². The maximum absolute atomic E-state index is 12.6. The molecule has 0 bridgehead atoms. The molecule has 4 N–H and O–H groups in total. The minimum Gasteiger partial charge on any atom is -0.360 e. The summed E-state index contributed by atoms with van der Waals surface area (Å²) in [6, 6.07) is 16.8. The molecule has 3 heterocycles. The Morgan fingerprint density at radius 1 is 0.919 bits per heavy atom. The standard InChI is InChI=1S/C27H24N6O3S/c1-15-4-7-18-20(13-31-24(18)10-15)26-32-23-9-6-17(37(35,36)29-3)12-25(23)33(26)16-5-8-22-19(11-16)21(14-30-22)27(34)28-2/h4-14,29-31H,1-3H3,(H,28,34). The van der Waals surface area contributed by atoms with E-state index >= 15 is 0 Å². The quantitative estimate of drug-likeness (QED) is 0.276. The Hall–Kier alpha value is -4.41. The van der Waals surface area contributed by atoms with Gasteiger partial charge in [0.25, 0.3) is 5.91 Å². The number of amides is 1.